The molecule has 1 fully saturated rings. The Hall–Kier alpha value is -2.11. The Labute approximate surface area is 111 Å². The Balaban J connectivity index is 2.05. The van der Waals surface area contributed by atoms with E-state index in [1.807, 2.05) is 4.90 Å². The molecule has 1 aliphatic rings. The van der Waals surface area contributed by atoms with Crippen LogP contribution in [-0.2, 0) is 4.79 Å². The van der Waals surface area contributed by atoms with Gasteiger partial charge in [-0.25, -0.2) is 4.79 Å². The van der Waals surface area contributed by atoms with Gasteiger partial charge in [0.2, 0.25) is 5.91 Å². The molecule has 2 heterocycles. The first-order valence-corrected chi connectivity index (χ1v) is 6.27. The fraction of sp³-hybridized carbons (Fsp3) is 0.462. The van der Waals surface area contributed by atoms with Gasteiger partial charge in [-0.05, 0) is 18.9 Å². The Morgan fingerprint density at radius 1 is 1.42 bits per heavy atom. The van der Waals surface area contributed by atoms with Gasteiger partial charge in [-0.1, -0.05) is 0 Å². The van der Waals surface area contributed by atoms with Crippen molar-refractivity contribution in [2.75, 3.05) is 18.0 Å². The molecule has 0 saturated carbocycles. The number of hydrogen-bond acceptors (Lipinski definition) is 4. The van der Waals surface area contributed by atoms with Gasteiger partial charge in [-0.15, -0.1) is 0 Å². The number of nitrogens with zero attached hydrogens (tertiary/aromatic N) is 2. The zero-order chi connectivity index (χ0) is 13.8. The lowest BCUT2D eigenvalue weighted by molar-refractivity contribution is -0.119. The van der Waals surface area contributed by atoms with Crippen LogP contribution in [0.15, 0.2) is 18.5 Å². The minimum atomic E-state index is -0.966. The number of carboxylic acid groups (broad SMARTS) is 1. The number of pyridine rings is 1. The third-order valence-electron chi connectivity index (χ3n) is 3.27. The molecule has 2 rings (SSSR count). The molecule has 0 radical (unpaired) electrons. The largest absolute Gasteiger partial charge is 0.478 e. The molecular formula is C13H17N3O3. The average molecular weight is 263 g/mol. The average Bonchev–Trinajstić information content (AvgIpc) is 2.39. The van der Waals surface area contributed by atoms with E-state index < -0.39 is 5.97 Å². The molecule has 6 nitrogen and oxygen atoms in total. The number of carboxylic acids is 1. The maximum absolute atomic E-state index is 11.2. The van der Waals surface area contributed by atoms with Crippen LogP contribution < -0.4 is 10.2 Å². The van der Waals surface area contributed by atoms with Crippen LogP contribution >= 0.6 is 0 Å². The van der Waals surface area contributed by atoms with Crippen molar-refractivity contribution >= 4 is 17.6 Å². The van der Waals surface area contributed by atoms with Gasteiger partial charge in [-0.2, -0.15) is 0 Å². The van der Waals surface area contributed by atoms with E-state index in [1.54, 1.807) is 12.3 Å². The number of carbonyl (C=O) groups is 2. The lowest BCUT2D eigenvalue weighted by Gasteiger charge is -2.34. The lowest BCUT2D eigenvalue weighted by atomic mass is 10.0. The molecule has 1 amide bonds. The van der Waals surface area contributed by atoms with Gasteiger partial charge in [0.05, 0.1) is 5.69 Å². The highest BCUT2D eigenvalue weighted by atomic mass is 16.4. The molecule has 0 aromatic carbocycles. The van der Waals surface area contributed by atoms with Gasteiger partial charge in [-0.3, -0.25) is 9.78 Å². The minimum Gasteiger partial charge on any atom is -0.478 e. The molecule has 0 atom stereocenters. The molecule has 0 aliphatic carbocycles. The summed E-state index contributed by atoms with van der Waals surface area (Å²) in [5.74, 6) is -0.985. The normalized spacial score (nSPS) is 16.2. The lowest BCUT2D eigenvalue weighted by Crippen LogP contribution is -2.44. The third-order valence-corrected chi connectivity index (χ3v) is 3.27. The summed E-state index contributed by atoms with van der Waals surface area (Å²) in [4.78, 5) is 28.0. The molecule has 1 aromatic heterocycles. The van der Waals surface area contributed by atoms with E-state index in [0.29, 0.717) is 5.69 Å². The number of hydrogen-bond donors (Lipinski definition) is 2. The van der Waals surface area contributed by atoms with Crippen LogP contribution in [0, 0.1) is 0 Å². The van der Waals surface area contributed by atoms with E-state index in [-0.39, 0.29) is 17.5 Å². The maximum Gasteiger partial charge on any atom is 0.339 e. The molecule has 0 spiro atoms. The molecule has 1 aromatic rings. The third kappa shape index (κ3) is 3.21. The summed E-state index contributed by atoms with van der Waals surface area (Å²) in [7, 11) is 0. The van der Waals surface area contributed by atoms with E-state index in [1.165, 1.54) is 13.1 Å². The molecule has 19 heavy (non-hydrogen) atoms. The van der Waals surface area contributed by atoms with Crippen molar-refractivity contribution in [1.29, 1.82) is 0 Å². The quantitative estimate of drug-likeness (QED) is 0.846. The topological polar surface area (TPSA) is 82.5 Å². The number of anilines is 1. The van der Waals surface area contributed by atoms with Crippen molar-refractivity contribution < 1.29 is 14.7 Å². The van der Waals surface area contributed by atoms with E-state index >= 15 is 0 Å². The van der Waals surface area contributed by atoms with Crippen LogP contribution in [-0.4, -0.2) is 41.1 Å². The molecule has 1 aliphatic heterocycles. The number of rotatable bonds is 3. The summed E-state index contributed by atoms with van der Waals surface area (Å²) in [6, 6.07) is 1.91. The number of carbonyl (C=O) groups excluding carboxylic acids is 1. The monoisotopic (exact) mass is 263 g/mol. The number of piperidine rings is 1. The summed E-state index contributed by atoms with van der Waals surface area (Å²) >= 11 is 0. The summed E-state index contributed by atoms with van der Waals surface area (Å²) in [6.07, 6.45) is 4.61. The fourth-order valence-corrected chi connectivity index (χ4v) is 2.38. The first kappa shape index (κ1) is 13.3. The first-order valence-electron chi connectivity index (χ1n) is 6.27. The van der Waals surface area contributed by atoms with E-state index in [4.69, 9.17) is 5.11 Å². The van der Waals surface area contributed by atoms with Gasteiger partial charge in [0, 0.05) is 38.4 Å². The summed E-state index contributed by atoms with van der Waals surface area (Å²) < 4.78 is 0. The molecule has 6 heteroatoms. The van der Waals surface area contributed by atoms with E-state index in [2.05, 4.69) is 10.3 Å². The van der Waals surface area contributed by atoms with E-state index in [0.717, 1.165) is 25.9 Å². The van der Waals surface area contributed by atoms with Crippen LogP contribution in [0.1, 0.15) is 30.1 Å². The van der Waals surface area contributed by atoms with Crippen LogP contribution in [0.5, 0.6) is 0 Å². The fourth-order valence-electron chi connectivity index (χ4n) is 2.38. The zero-order valence-electron chi connectivity index (χ0n) is 10.8. The predicted octanol–water partition coefficient (Wildman–Crippen LogP) is 0.885. The zero-order valence-corrected chi connectivity index (χ0v) is 10.8. The second-order valence-corrected chi connectivity index (χ2v) is 4.66. The van der Waals surface area contributed by atoms with Crippen molar-refractivity contribution in [3.63, 3.8) is 0 Å². The van der Waals surface area contributed by atoms with Crippen molar-refractivity contribution in [1.82, 2.24) is 10.3 Å². The SMILES string of the molecule is CC(=O)NC1CCN(c2ccncc2C(=O)O)CC1. The summed E-state index contributed by atoms with van der Waals surface area (Å²) in [5.41, 5.74) is 0.921. The molecule has 0 unspecified atom stereocenters. The standard InChI is InChI=1S/C13H17N3O3/c1-9(17)15-10-3-6-16(7-4-10)12-2-5-14-8-11(12)13(18)19/h2,5,8,10H,3-4,6-7H2,1H3,(H,15,17)(H,18,19). The van der Waals surface area contributed by atoms with Gasteiger partial charge in [0.25, 0.3) is 0 Å². The number of aromatic carboxylic acids is 1. The Kier molecular flexibility index (Phi) is 3.99. The second kappa shape index (κ2) is 5.69. The minimum absolute atomic E-state index is 0.0198. The van der Waals surface area contributed by atoms with Crippen LogP contribution in [0.2, 0.25) is 0 Å². The maximum atomic E-state index is 11.2. The molecule has 0 bridgehead atoms. The Morgan fingerprint density at radius 3 is 2.68 bits per heavy atom. The molecular weight excluding hydrogens is 246 g/mol. The Morgan fingerprint density at radius 2 is 2.11 bits per heavy atom. The highest BCUT2D eigenvalue weighted by molar-refractivity contribution is 5.94. The van der Waals surface area contributed by atoms with Gasteiger partial charge in [0.15, 0.2) is 0 Å². The molecule has 102 valence electrons. The summed E-state index contributed by atoms with van der Waals surface area (Å²) in [5, 5.41) is 12.0. The van der Waals surface area contributed by atoms with Crippen molar-refractivity contribution in [3.8, 4) is 0 Å². The van der Waals surface area contributed by atoms with Crippen LogP contribution in [0.25, 0.3) is 0 Å². The molecule has 1 saturated heterocycles. The highest BCUT2D eigenvalue weighted by Crippen LogP contribution is 2.23. The number of amides is 1. The second-order valence-electron chi connectivity index (χ2n) is 4.66. The van der Waals surface area contributed by atoms with E-state index in [9.17, 15) is 9.59 Å². The van der Waals surface area contributed by atoms with Gasteiger partial charge >= 0.3 is 5.97 Å². The summed E-state index contributed by atoms with van der Waals surface area (Å²) in [6.45, 7) is 2.97. The molecule has 2 N–H and O–H groups in total. The van der Waals surface area contributed by atoms with Crippen molar-refractivity contribution in [2.24, 2.45) is 0 Å². The number of aromatic nitrogens is 1. The Bertz CT molecular complexity index is 482. The number of nitrogens with one attached hydrogen (secondary N) is 1. The van der Waals surface area contributed by atoms with Crippen LogP contribution in [0.4, 0.5) is 5.69 Å². The first-order chi connectivity index (χ1) is 9.08. The highest BCUT2D eigenvalue weighted by Gasteiger charge is 2.23. The van der Waals surface area contributed by atoms with Gasteiger partial charge < -0.3 is 15.3 Å². The predicted molar refractivity (Wildman–Crippen MR) is 70.2 cm³/mol. The van der Waals surface area contributed by atoms with Gasteiger partial charge in [0.1, 0.15) is 5.56 Å². The van der Waals surface area contributed by atoms with Crippen molar-refractivity contribution in [3.05, 3.63) is 24.0 Å². The van der Waals surface area contributed by atoms with Crippen molar-refractivity contribution in [2.45, 2.75) is 25.8 Å². The smallest absolute Gasteiger partial charge is 0.339 e. The van der Waals surface area contributed by atoms with Crippen LogP contribution in [0.3, 0.4) is 0 Å².